The van der Waals surface area contributed by atoms with Crippen LogP contribution in [-0.2, 0) is 16.2 Å². The summed E-state index contributed by atoms with van der Waals surface area (Å²) < 4.78 is 100. The summed E-state index contributed by atoms with van der Waals surface area (Å²) in [5.41, 5.74) is -1.12. The zero-order valence-corrected chi connectivity index (χ0v) is 25.4. The van der Waals surface area contributed by atoms with Crippen LogP contribution in [0.1, 0.15) is 12.0 Å². The number of nitrogens with zero attached hydrogens (tertiary/aromatic N) is 3. The van der Waals surface area contributed by atoms with Gasteiger partial charge in [0, 0.05) is 56.4 Å². The number of fused-ring (bicyclic) bond motifs is 1. The quantitative estimate of drug-likeness (QED) is 0.156. The maximum atomic E-state index is 15.2. The van der Waals surface area contributed by atoms with Crippen LogP contribution in [0.25, 0.3) is 10.9 Å². The van der Waals surface area contributed by atoms with Crippen LogP contribution >= 0.6 is 0 Å². The SMILES string of the molecule is COc1cc2nccc(Oc3ccc(NS(=O)(=O)c4ccccc4C(F)(F)F)cc3F)c2cc1OCCCN1CCN(C)CC1. The van der Waals surface area contributed by atoms with Crippen molar-refractivity contribution >= 4 is 26.6 Å². The van der Waals surface area contributed by atoms with E-state index in [9.17, 15) is 21.6 Å². The third-order valence-corrected chi connectivity index (χ3v) is 8.78. The van der Waals surface area contributed by atoms with Gasteiger partial charge in [-0.2, -0.15) is 13.2 Å². The number of alkyl halides is 3. The summed E-state index contributed by atoms with van der Waals surface area (Å²) in [6.45, 7) is 5.44. The number of halogens is 4. The number of pyridine rings is 1. The van der Waals surface area contributed by atoms with Crippen molar-refractivity contribution < 1.29 is 40.2 Å². The molecule has 0 radical (unpaired) electrons. The largest absolute Gasteiger partial charge is 0.493 e. The van der Waals surface area contributed by atoms with Gasteiger partial charge in [-0.05, 0) is 49.9 Å². The lowest BCUT2D eigenvalue weighted by molar-refractivity contribution is -0.139. The summed E-state index contributed by atoms with van der Waals surface area (Å²) >= 11 is 0. The number of nitrogens with one attached hydrogen (secondary N) is 1. The molecule has 45 heavy (non-hydrogen) atoms. The van der Waals surface area contributed by atoms with Gasteiger partial charge in [0.2, 0.25) is 0 Å². The third kappa shape index (κ3) is 7.75. The minimum atomic E-state index is -4.90. The van der Waals surface area contributed by atoms with Crippen LogP contribution in [0, 0.1) is 5.82 Å². The Kier molecular flexibility index (Phi) is 9.65. The number of ether oxygens (including phenoxy) is 3. The van der Waals surface area contributed by atoms with Crippen LogP contribution in [0.3, 0.4) is 0 Å². The molecule has 14 heteroatoms. The third-order valence-electron chi connectivity index (χ3n) is 7.35. The highest BCUT2D eigenvalue weighted by Gasteiger charge is 2.37. The molecule has 0 saturated carbocycles. The number of piperazine rings is 1. The molecular weight excluding hydrogens is 616 g/mol. The van der Waals surface area contributed by atoms with Gasteiger partial charge in [-0.3, -0.25) is 9.71 Å². The average molecular weight is 649 g/mol. The summed E-state index contributed by atoms with van der Waals surface area (Å²) in [4.78, 5) is 8.06. The van der Waals surface area contributed by atoms with Gasteiger partial charge in [-0.15, -0.1) is 0 Å². The van der Waals surface area contributed by atoms with E-state index >= 15 is 4.39 Å². The van der Waals surface area contributed by atoms with E-state index in [1.54, 1.807) is 12.1 Å². The van der Waals surface area contributed by atoms with E-state index < -0.39 is 32.5 Å². The highest BCUT2D eigenvalue weighted by Crippen LogP contribution is 2.38. The number of anilines is 1. The molecule has 1 saturated heterocycles. The Morgan fingerprint density at radius 1 is 0.933 bits per heavy atom. The monoisotopic (exact) mass is 648 g/mol. The van der Waals surface area contributed by atoms with Gasteiger partial charge in [0.05, 0.1) is 35.4 Å². The number of hydrogen-bond donors (Lipinski definition) is 1. The minimum absolute atomic E-state index is 0.244. The smallest absolute Gasteiger partial charge is 0.417 e. The summed E-state index contributed by atoms with van der Waals surface area (Å²) in [5, 5.41) is 0.514. The van der Waals surface area contributed by atoms with Gasteiger partial charge >= 0.3 is 6.18 Å². The zero-order valence-electron chi connectivity index (χ0n) is 24.6. The van der Waals surface area contributed by atoms with E-state index in [-0.39, 0.29) is 17.2 Å². The van der Waals surface area contributed by atoms with Crippen LogP contribution in [0.15, 0.2) is 71.8 Å². The van der Waals surface area contributed by atoms with E-state index in [4.69, 9.17) is 14.2 Å². The lowest BCUT2D eigenvalue weighted by Crippen LogP contribution is -2.44. The molecule has 2 heterocycles. The van der Waals surface area contributed by atoms with E-state index in [0.29, 0.717) is 35.1 Å². The van der Waals surface area contributed by atoms with E-state index in [1.807, 2.05) is 4.72 Å². The fourth-order valence-electron chi connectivity index (χ4n) is 4.94. The number of likely N-dealkylation sites (N-methyl/N-ethyl adjacent to an activating group) is 1. The number of hydrogen-bond acceptors (Lipinski definition) is 8. The zero-order chi connectivity index (χ0) is 32.2. The molecule has 9 nitrogen and oxygen atoms in total. The van der Waals surface area contributed by atoms with Gasteiger partial charge in [-0.25, -0.2) is 12.8 Å². The first-order valence-corrected chi connectivity index (χ1v) is 15.6. The average Bonchev–Trinajstić information content (AvgIpc) is 3.00. The lowest BCUT2D eigenvalue weighted by Gasteiger charge is -2.32. The van der Waals surface area contributed by atoms with Crippen molar-refractivity contribution in [2.45, 2.75) is 17.5 Å². The maximum Gasteiger partial charge on any atom is 0.417 e. The molecule has 5 rings (SSSR count). The van der Waals surface area contributed by atoms with Gasteiger partial charge < -0.3 is 24.0 Å². The molecule has 1 aliphatic heterocycles. The van der Waals surface area contributed by atoms with Crippen LogP contribution in [0.4, 0.5) is 23.2 Å². The Bertz CT molecular complexity index is 1760. The minimum Gasteiger partial charge on any atom is -0.493 e. The number of aromatic nitrogens is 1. The molecule has 0 amide bonds. The van der Waals surface area contributed by atoms with Gasteiger partial charge in [0.25, 0.3) is 10.0 Å². The Morgan fingerprint density at radius 3 is 2.40 bits per heavy atom. The highest BCUT2D eigenvalue weighted by atomic mass is 32.2. The second-order valence-corrected chi connectivity index (χ2v) is 12.2. The van der Waals surface area contributed by atoms with Gasteiger partial charge in [0.15, 0.2) is 23.1 Å². The summed E-state index contributed by atoms with van der Waals surface area (Å²) in [6, 6.07) is 11.8. The summed E-state index contributed by atoms with van der Waals surface area (Å²) in [7, 11) is -1.06. The van der Waals surface area contributed by atoms with Crippen molar-refractivity contribution in [1.82, 2.24) is 14.8 Å². The van der Waals surface area contributed by atoms with Crippen molar-refractivity contribution in [1.29, 1.82) is 0 Å². The molecule has 0 aliphatic carbocycles. The summed E-state index contributed by atoms with van der Waals surface area (Å²) in [5.74, 6) is -0.00621. The van der Waals surface area contributed by atoms with Crippen molar-refractivity contribution in [3.05, 3.63) is 78.2 Å². The van der Waals surface area contributed by atoms with Crippen molar-refractivity contribution in [2.24, 2.45) is 0 Å². The standard InChI is InChI=1S/C31H32F4N4O5S/c1-38-13-15-39(16-14-38)12-5-17-43-29-19-22-25(20-28(29)42-2)36-11-10-26(22)44-27-9-8-21(18-24(27)32)37-45(40,41)30-7-4-3-6-23(30)31(33,34)35/h3-4,6-11,18-20,37H,5,12-17H2,1-2H3. The fourth-order valence-corrected chi connectivity index (χ4v) is 6.22. The number of methoxy groups -OCH3 is 1. The van der Waals surface area contributed by atoms with Crippen LogP contribution in [0.5, 0.6) is 23.0 Å². The Labute approximate surface area is 258 Å². The predicted octanol–water partition coefficient (Wildman–Crippen LogP) is 6.01. The normalized spacial score (nSPS) is 14.8. The van der Waals surface area contributed by atoms with Crippen molar-refractivity contribution in [3.63, 3.8) is 0 Å². The topological polar surface area (TPSA) is 93.2 Å². The molecule has 1 N–H and O–H groups in total. The molecule has 0 atom stereocenters. The highest BCUT2D eigenvalue weighted by molar-refractivity contribution is 7.92. The molecule has 0 bridgehead atoms. The molecule has 1 fully saturated rings. The predicted molar refractivity (Wildman–Crippen MR) is 161 cm³/mol. The van der Waals surface area contributed by atoms with Crippen molar-refractivity contribution in [2.75, 3.05) is 58.2 Å². The molecule has 0 unspecified atom stereocenters. The first-order valence-electron chi connectivity index (χ1n) is 14.1. The van der Waals surface area contributed by atoms with Crippen LogP contribution in [0.2, 0.25) is 0 Å². The van der Waals surface area contributed by atoms with Gasteiger partial charge in [0.1, 0.15) is 5.75 Å². The lowest BCUT2D eigenvalue weighted by atomic mass is 10.1. The molecule has 1 aliphatic rings. The van der Waals surface area contributed by atoms with Crippen LogP contribution in [-0.4, -0.2) is 76.7 Å². The van der Waals surface area contributed by atoms with E-state index in [0.717, 1.165) is 57.3 Å². The molecular formula is C31H32F4N4O5S. The Morgan fingerprint density at radius 2 is 1.69 bits per heavy atom. The first kappa shape index (κ1) is 32.3. The van der Waals surface area contributed by atoms with Crippen molar-refractivity contribution in [3.8, 4) is 23.0 Å². The Balaban J connectivity index is 1.31. The number of benzene rings is 3. The van der Waals surface area contributed by atoms with Crippen LogP contribution < -0.4 is 18.9 Å². The maximum absolute atomic E-state index is 15.2. The number of sulfonamides is 1. The van der Waals surface area contributed by atoms with E-state index in [2.05, 4.69) is 21.8 Å². The fraction of sp³-hybridized carbons (Fsp3) is 0.323. The van der Waals surface area contributed by atoms with Gasteiger partial charge in [-0.1, -0.05) is 12.1 Å². The molecule has 3 aromatic carbocycles. The summed E-state index contributed by atoms with van der Waals surface area (Å²) in [6.07, 6.45) is -2.61. The second kappa shape index (κ2) is 13.5. The number of rotatable bonds is 11. The molecule has 4 aromatic rings. The molecule has 1 aromatic heterocycles. The molecule has 0 spiro atoms. The molecule has 240 valence electrons. The Hall–Kier alpha value is -4.14. The second-order valence-electron chi connectivity index (χ2n) is 10.5. The van der Waals surface area contributed by atoms with E-state index in [1.165, 1.54) is 37.6 Å². The first-order chi connectivity index (χ1) is 21.4.